The summed E-state index contributed by atoms with van der Waals surface area (Å²) >= 11 is 0. The van der Waals surface area contributed by atoms with Crippen molar-refractivity contribution in [3.05, 3.63) is 41.6 Å². The Morgan fingerprint density at radius 3 is 2.17 bits per heavy atom. The van der Waals surface area contributed by atoms with Gasteiger partial charge in [-0.25, -0.2) is 4.68 Å². The Morgan fingerprint density at radius 1 is 1.03 bits per heavy atom. The SMILES string of the molecule is Cc1ccc(-n2nc(C(C)(C)C)cc2NC(=O)CCC(=O)NC(C)C(C)C)cc1. The molecule has 6 nitrogen and oxygen atoms in total. The molecule has 29 heavy (non-hydrogen) atoms. The molecule has 1 atom stereocenters. The second-order valence-corrected chi connectivity index (χ2v) is 9.06. The number of nitrogens with one attached hydrogen (secondary N) is 2. The topological polar surface area (TPSA) is 76.0 Å². The number of nitrogens with zero attached hydrogens (tertiary/aromatic N) is 2. The number of aromatic nitrogens is 2. The van der Waals surface area contributed by atoms with Crippen molar-refractivity contribution in [2.75, 3.05) is 5.32 Å². The highest BCUT2D eigenvalue weighted by atomic mass is 16.2. The summed E-state index contributed by atoms with van der Waals surface area (Å²) in [6, 6.07) is 9.97. The van der Waals surface area contributed by atoms with Gasteiger partial charge < -0.3 is 10.6 Å². The van der Waals surface area contributed by atoms with Crippen LogP contribution in [0.2, 0.25) is 0 Å². The molecular formula is C23H34N4O2. The van der Waals surface area contributed by atoms with Crippen LogP contribution >= 0.6 is 0 Å². The Hall–Kier alpha value is -2.63. The molecule has 0 radical (unpaired) electrons. The Balaban J connectivity index is 2.12. The molecule has 0 aliphatic carbocycles. The van der Waals surface area contributed by atoms with Gasteiger partial charge >= 0.3 is 0 Å². The molecular weight excluding hydrogens is 364 g/mol. The molecule has 1 aromatic carbocycles. The van der Waals surface area contributed by atoms with Crippen molar-refractivity contribution in [3.63, 3.8) is 0 Å². The van der Waals surface area contributed by atoms with Crippen molar-refractivity contribution < 1.29 is 9.59 Å². The normalized spacial score (nSPS) is 12.7. The number of carbonyl (C=O) groups is 2. The summed E-state index contributed by atoms with van der Waals surface area (Å²) in [5.41, 5.74) is 2.77. The Morgan fingerprint density at radius 2 is 1.62 bits per heavy atom. The van der Waals surface area contributed by atoms with Crippen LogP contribution in [0.15, 0.2) is 30.3 Å². The van der Waals surface area contributed by atoms with E-state index in [1.54, 1.807) is 4.68 Å². The number of anilines is 1. The van der Waals surface area contributed by atoms with Crippen LogP contribution in [0.3, 0.4) is 0 Å². The molecule has 1 aromatic heterocycles. The summed E-state index contributed by atoms with van der Waals surface area (Å²) in [4.78, 5) is 24.6. The molecule has 0 fully saturated rings. The van der Waals surface area contributed by atoms with Gasteiger partial charge in [-0.3, -0.25) is 9.59 Å². The van der Waals surface area contributed by atoms with Crippen LogP contribution in [0.5, 0.6) is 0 Å². The summed E-state index contributed by atoms with van der Waals surface area (Å²) in [5, 5.41) is 10.6. The summed E-state index contributed by atoms with van der Waals surface area (Å²) in [6.07, 6.45) is 0.286. The average molecular weight is 399 g/mol. The Labute approximate surface area is 174 Å². The van der Waals surface area contributed by atoms with E-state index in [1.807, 2.05) is 44.2 Å². The van der Waals surface area contributed by atoms with Crippen molar-refractivity contribution >= 4 is 17.6 Å². The fourth-order valence-corrected chi connectivity index (χ4v) is 2.64. The van der Waals surface area contributed by atoms with Gasteiger partial charge in [-0.2, -0.15) is 5.10 Å². The van der Waals surface area contributed by atoms with Crippen LogP contribution in [0.1, 0.15) is 65.6 Å². The fourth-order valence-electron chi connectivity index (χ4n) is 2.64. The van der Waals surface area contributed by atoms with Gasteiger partial charge in [0.05, 0.1) is 11.4 Å². The van der Waals surface area contributed by atoms with Gasteiger partial charge in [-0.1, -0.05) is 52.3 Å². The van der Waals surface area contributed by atoms with Crippen LogP contribution in [-0.2, 0) is 15.0 Å². The lowest BCUT2D eigenvalue weighted by atomic mass is 9.92. The largest absolute Gasteiger partial charge is 0.353 e. The molecule has 2 aromatic rings. The first-order valence-electron chi connectivity index (χ1n) is 10.2. The highest BCUT2D eigenvalue weighted by Crippen LogP contribution is 2.26. The first kappa shape index (κ1) is 22.7. The smallest absolute Gasteiger partial charge is 0.226 e. The molecule has 1 unspecified atom stereocenters. The number of amides is 2. The highest BCUT2D eigenvalue weighted by Gasteiger charge is 2.22. The van der Waals surface area contributed by atoms with E-state index in [1.165, 1.54) is 0 Å². The molecule has 0 saturated heterocycles. The van der Waals surface area contributed by atoms with Gasteiger partial charge in [0, 0.05) is 30.4 Å². The van der Waals surface area contributed by atoms with Gasteiger partial charge in [0.2, 0.25) is 11.8 Å². The number of hydrogen-bond donors (Lipinski definition) is 2. The van der Waals surface area contributed by atoms with Gasteiger partial charge in [-0.05, 0) is 31.9 Å². The predicted octanol–water partition coefficient (Wildman–Crippen LogP) is 4.36. The van der Waals surface area contributed by atoms with Crippen molar-refractivity contribution in [1.82, 2.24) is 15.1 Å². The number of carbonyl (C=O) groups excluding carboxylic acids is 2. The second kappa shape index (κ2) is 9.25. The Bertz CT molecular complexity index is 845. The quantitative estimate of drug-likeness (QED) is 0.728. The van der Waals surface area contributed by atoms with E-state index in [2.05, 4.69) is 45.3 Å². The van der Waals surface area contributed by atoms with E-state index >= 15 is 0 Å². The monoisotopic (exact) mass is 398 g/mol. The molecule has 2 rings (SSSR count). The van der Waals surface area contributed by atoms with E-state index < -0.39 is 0 Å². The predicted molar refractivity (Wildman–Crippen MR) is 117 cm³/mol. The number of aryl methyl sites for hydroxylation is 1. The van der Waals surface area contributed by atoms with Crippen molar-refractivity contribution in [2.24, 2.45) is 5.92 Å². The zero-order chi connectivity index (χ0) is 21.8. The third-order valence-electron chi connectivity index (χ3n) is 4.99. The van der Waals surface area contributed by atoms with Crippen LogP contribution < -0.4 is 10.6 Å². The molecule has 158 valence electrons. The van der Waals surface area contributed by atoms with E-state index in [0.29, 0.717) is 11.7 Å². The maximum Gasteiger partial charge on any atom is 0.226 e. The first-order chi connectivity index (χ1) is 13.5. The van der Waals surface area contributed by atoms with Crippen molar-refractivity contribution in [1.29, 1.82) is 0 Å². The van der Waals surface area contributed by atoms with Gasteiger partial charge in [0.1, 0.15) is 5.82 Å². The zero-order valence-corrected chi connectivity index (χ0v) is 18.7. The molecule has 1 heterocycles. The van der Waals surface area contributed by atoms with Crippen LogP contribution in [0.25, 0.3) is 5.69 Å². The summed E-state index contributed by atoms with van der Waals surface area (Å²) < 4.78 is 1.75. The van der Waals surface area contributed by atoms with E-state index in [4.69, 9.17) is 5.10 Å². The third kappa shape index (κ3) is 6.44. The standard InChI is InChI=1S/C23H34N4O2/c1-15(2)17(4)24-21(28)12-13-22(29)25-20-14-19(23(5,6)7)26-27(20)18-10-8-16(3)9-11-18/h8-11,14-15,17H,12-13H2,1-7H3,(H,24,28)(H,25,29). The van der Waals surface area contributed by atoms with Crippen LogP contribution in [0, 0.1) is 12.8 Å². The molecule has 2 N–H and O–H groups in total. The minimum absolute atomic E-state index is 0.0860. The maximum atomic E-state index is 12.5. The average Bonchev–Trinajstić information content (AvgIpc) is 3.04. The van der Waals surface area contributed by atoms with Gasteiger partial charge in [0.15, 0.2) is 0 Å². The van der Waals surface area contributed by atoms with Gasteiger partial charge in [0.25, 0.3) is 0 Å². The molecule has 0 saturated carbocycles. The molecule has 6 heteroatoms. The highest BCUT2D eigenvalue weighted by molar-refractivity contribution is 5.92. The molecule has 0 aliphatic heterocycles. The summed E-state index contributed by atoms with van der Waals surface area (Å²) in [6.45, 7) is 14.4. The fraction of sp³-hybridized carbons (Fsp3) is 0.522. The summed E-state index contributed by atoms with van der Waals surface area (Å²) in [5.74, 6) is 0.655. The second-order valence-electron chi connectivity index (χ2n) is 9.06. The summed E-state index contributed by atoms with van der Waals surface area (Å²) in [7, 11) is 0. The molecule has 2 amide bonds. The molecule has 0 spiro atoms. The number of rotatable bonds is 7. The third-order valence-corrected chi connectivity index (χ3v) is 4.99. The minimum Gasteiger partial charge on any atom is -0.353 e. The van der Waals surface area contributed by atoms with Gasteiger partial charge in [-0.15, -0.1) is 0 Å². The van der Waals surface area contributed by atoms with Crippen LogP contribution in [-0.4, -0.2) is 27.6 Å². The minimum atomic E-state index is -0.203. The number of hydrogen-bond acceptors (Lipinski definition) is 3. The van der Waals surface area contributed by atoms with E-state index in [9.17, 15) is 9.59 Å². The lowest BCUT2D eigenvalue weighted by Crippen LogP contribution is -2.36. The van der Waals surface area contributed by atoms with E-state index in [0.717, 1.165) is 16.9 Å². The van der Waals surface area contributed by atoms with Crippen LogP contribution in [0.4, 0.5) is 5.82 Å². The van der Waals surface area contributed by atoms with Crippen molar-refractivity contribution in [3.8, 4) is 5.69 Å². The zero-order valence-electron chi connectivity index (χ0n) is 18.7. The molecule has 0 aliphatic rings. The Kier molecular flexibility index (Phi) is 7.22. The lowest BCUT2D eigenvalue weighted by Gasteiger charge is -2.17. The van der Waals surface area contributed by atoms with E-state index in [-0.39, 0.29) is 36.1 Å². The maximum absolute atomic E-state index is 12.5. The number of benzene rings is 1. The lowest BCUT2D eigenvalue weighted by molar-refractivity contribution is -0.125. The van der Waals surface area contributed by atoms with Crippen molar-refractivity contribution in [2.45, 2.75) is 72.8 Å². The molecule has 0 bridgehead atoms. The first-order valence-corrected chi connectivity index (χ1v) is 10.2.